The van der Waals surface area contributed by atoms with Gasteiger partial charge in [0.05, 0.1) is 38.1 Å². The second kappa shape index (κ2) is 11.9. The van der Waals surface area contributed by atoms with Crippen molar-refractivity contribution in [1.82, 2.24) is 0 Å². The maximum atomic E-state index is 9.08. The van der Waals surface area contributed by atoms with E-state index in [0.29, 0.717) is 19.8 Å². The van der Waals surface area contributed by atoms with Crippen LogP contribution in [0.15, 0.2) is 0 Å². The lowest BCUT2D eigenvalue weighted by molar-refractivity contribution is -0.0701. The van der Waals surface area contributed by atoms with Gasteiger partial charge in [0.25, 0.3) is 0 Å². The molecule has 1 N–H and O–H groups in total. The van der Waals surface area contributed by atoms with Crippen LogP contribution >= 0.6 is 0 Å². The van der Waals surface area contributed by atoms with Gasteiger partial charge in [-0.15, -0.1) is 0 Å². The Hall–Kier alpha value is -0.160. The van der Waals surface area contributed by atoms with E-state index in [4.69, 9.17) is 19.3 Å². The molecular formula is C14H30O4. The van der Waals surface area contributed by atoms with Crippen LogP contribution in [0.1, 0.15) is 47.0 Å². The van der Waals surface area contributed by atoms with Gasteiger partial charge in [0, 0.05) is 6.61 Å². The Morgan fingerprint density at radius 3 is 2.11 bits per heavy atom. The molecule has 3 unspecified atom stereocenters. The van der Waals surface area contributed by atoms with Crippen molar-refractivity contribution in [1.29, 1.82) is 0 Å². The minimum Gasteiger partial charge on any atom is -0.391 e. The zero-order valence-corrected chi connectivity index (χ0v) is 12.4. The van der Waals surface area contributed by atoms with E-state index < -0.39 is 6.10 Å². The Bertz CT molecular complexity index is 173. The number of hydrogen-bond donors (Lipinski definition) is 1. The van der Waals surface area contributed by atoms with Crippen molar-refractivity contribution < 1.29 is 19.3 Å². The number of aliphatic hydroxyl groups is 1. The van der Waals surface area contributed by atoms with Gasteiger partial charge < -0.3 is 19.3 Å². The third-order valence-electron chi connectivity index (χ3n) is 2.48. The molecule has 4 nitrogen and oxygen atoms in total. The van der Waals surface area contributed by atoms with Crippen LogP contribution in [0, 0.1) is 0 Å². The van der Waals surface area contributed by atoms with E-state index in [0.717, 1.165) is 13.0 Å². The van der Waals surface area contributed by atoms with Crippen molar-refractivity contribution in [3.8, 4) is 0 Å². The summed E-state index contributed by atoms with van der Waals surface area (Å²) in [5, 5.41) is 9.08. The molecule has 0 aliphatic carbocycles. The molecule has 0 heterocycles. The molecular weight excluding hydrogens is 232 g/mol. The largest absolute Gasteiger partial charge is 0.391 e. The van der Waals surface area contributed by atoms with Crippen molar-refractivity contribution in [2.24, 2.45) is 0 Å². The molecule has 0 fully saturated rings. The van der Waals surface area contributed by atoms with Crippen LogP contribution in [0.5, 0.6) is 0 Å². The summed E-state index contributed by atoms with van der Waals surface area (Å²) in [5.74, 6) is 0. The van der Waals surface area contributed by atoms with Gasteiger partial charge in [-0.25, -0.2) is 0 Å². The Balaban J connectivity index is 3.37. The van der Waals surface area contributed by atoms with Crippen LogP contribution in [0.3, 0.4) is 0 Å². The van der Waals surface area contributed by atoms with Gasteiger partial charge in [0.1, 0.15) is 0 Å². The quantitative estimate of drug-likeness (QED) is 0.549. The molecule has 0 aliphatic rings. The Labute approximate surface area is 112 Å². The molecule has 0 radical (unpaired) electrons. The van der Waals surface area contributed by atoms with E-state index in [9.17, 15) is 0 Å². The molecule has 0 aliphatic heterocycles. The van der Waals surface area contributed by atoms with Crippen LogP contribution in [0.25, 0.3) is 0 Å². The first-order valence-electron chi connectivity index (χ1n) is 7.05. The van der Waals surface area contributed by atoms with Gasteiger partial charge >= 0.3 is 0 Å². The summed E-state index contributed by atoms with van der Waals surface area (Å²) < 4.78 is 16.5. The van der Waals surface area contributed by atoms with Crippen molar-refractivity contribution in [3.05, 3.63) is 0 Å². The summed E-state index contributed by atoms with van der Waals surface area (Å²) in [5.41, 5.74) is 0. The maximum absolute atomic E-state index is 9.08. The van der Waals surface area contributed by atoms with E-state index in [1.54, 1.807) is 6.92 Å². The maximum Gasteiger partial charge on any atom is 0.0781 e. The molecule has 0 amide bonds. The van der Waals surface area contributed by atoms with Crippen molar-refractivity contribution in [2.75, 3.05) is 26.4 Å². The average molecular weight is 262 g/mol. The summed E-state index contributed by atoms with van der Waals surface area (Å²) >= 11 is 0. The summed E-state index contributed by atoms with van der Waals surface area (Å²) in [4.78, 5) is 0. The van der Waals surface area contributed by atoms with E-state index in [1.807, 2.05) is 13.8 Å². The summed E-state index contributed by atoms with van der Waals surface area (Å²) in [6.45, 7) is 10.2. The topological polar surface area (TPSA) is 47.9 Å². The van der Waals surface area contributed by atoms with Gasteiger partial charge in [0.2, 0.25) is 0 Å². The normalized spacial score (nSPS) is 16.5. The van der Waals surface area contributed by atoms with E-state index in [2.05, 4.69) is 6.92 Å². The second-order valence-corrected chi connectivity index (χ2v) is 4.92. The highest BCUT2D eigenvalue weighted by atomic mass is 16.6. The fourth-order valence-corrected chi connectivity index (χ4v) is 1.40. The summed E-state index contributed by atoms with van der Waals surface area (Å²) in [7, 11) is 0. The lowest BCUT2D eigenvalue weighted by atomic mass is 10.3. The first kappa shape index (κ1) is 17.8. The average Bonchev–Trinajstić information content (AvgIpc) is 2.33. The number of aliphatic hydroxyl groups excluding tert-OH is 1. The first-order chi connectivity index (χ1) is 8.56. The zero-order valence-electron chi connectivity index (χ0n) is 12.4. The van der Waals surface area contributed by atoms with Crippen molar-refractivity contribution in [2.45, 2.75) is 65.3 Å². The molecule has 110 valence electrons. The highest BCUT2D eigenvalue weighted by molar-refractivity contribution is 4.54. The van der Waals surface area contributed by atoms with Crippen molar-refractivity contribution >= 4 is 0 Å². The molecule has 0 aromatic carbocycles. The molecule has 0 aromatic heterocycles. The molecule has 4 heteroatoms. The van der Waals surface area contributed by atoms with Gasteiger partial charge in [-0.3, -0.25) is 0 Å². The monoisotopic (exact) mass is 262 g/mol. The van der Waals surface area contributed by atoms with Crippen LogP contribution in [0.4, 0.5) is 0 Å². The lowest BCUT2D eigenvalue weighted by Crippen LogP contribution is -2.25. The molecule has 0 saturated heterocycles. The van der Waals surface area contributed by atoms with Gasteiger partial charge in [-0.05, 0) is 27.2 Å². The Morgan fingerprint density at radius 1 is 0.889 bits per heavy atom. The standard InChI is InChI=1S/C14H30O4/c1-5-6-7-8-16-10-13(3)18-11-14(4)17-9-12(2)15/h12-15H,5-11H2,1-4H3. The molecule has 0 saturated carbocycles. The molecule has 0 spiro atoms. The molecule has 0 aromatic rings. The predicted octanol–water partition coefficient (Wildman–Crippen LogP) is 2.38. The first-order valence-corrected chi connectivity index (χ1v) is 7.05. The third-order valence-corrected chi connectivity index (χ3v) is 2.48. The third kappa shape index (κ3) is 12.3. The number of unbranched alkanes of at least 4 members (excludes halogenated alkanes) is 2. The Morgan fingerprint density at radius 2 is 1.50 bits per heavy atom. The predicted molar refractivity (Wildman–Crippen MR) is 72.9 cm³/mol. The minimum atomic E-state index is -0.424. The van der Waals surface area contributed by atoms with E-state index in [1.165, 1.54) is 12.8 Å². The van der Waals surface area contributed by atoms with Gasteiger partial charge in [0.15, 0.2) is 0 Å². The zero-order chi connectivity index (χ0) is 13.8. The molecule has 0 rings (SSSR count). The summed E-state index contributed by atoms with van der Waals surface area (Å²) in [6, 6.07) is 0. The Kier molecular flexibility index (Phi) is 11.8. The van der Waals surface area contributed by atoms with Gasteiger partial charge in [-0.1, -0.05) is 19.8 Å². The number of rotatable bonds is 12. The highest BCUT2D eigenvalue weighted by Gasteiger charge is 2.08. The lowest BCUT2D eigenvalue weighted by Gasteiger charge is -2.18. The number of hydrogen-bond acceptors (Lipinski definition) is 4. The van der Waals surface area contributed by atoms with Crippen LogP contribution in [-0.4, -0.2) is 49.8 Å². The minimum absolute atomic E-state index is 0.00198. The smallest absolute Gasteiger partial charge is 0.0781 e. The second-order valence-electron chi connectivity index (χ2n) is 4.92. The van der Waals surface area contributed by atoms with Crippen molar-refractivity contribution in [3.63, 3.8) is 0 Å². The fourth-order valence-electron chi connectivity index (χ4n) is 1.40. The SMILES string of the molecule is CCCCCOCC(C)OCC(C)OCC(C)O. The molecule has 0 bridgehead atoms. The summed E-state index contributed by atoms with van der Waals surface area (Å²) in [6.07, 6.45) is 3.22. The van der Waals surface area contributed by atoms with Gasteiger partial charge in [-0.2, -0.15) is 0 Å². The number of ether oxygens (including phenoxy) is 3. The van der Waals surface area contributed by atoms with E-state index >= 15 is 0 Å². The van der Waals surface area contributed by atoms with E-state index in [-0.39, 0.29) is 12.2 Å². The van der Waals surface area contributed by atoms with Crippen LogP contribution in [-0.2, 0) is 14.2 Å². The highest BCUT2D eigenvalue weighted by Crippen LogP contribution is 2.00. The fraction of sp³-hybridized carbons (Fsp3) is 1.00. The molecule has 3 atom stereocenters. The van der Waals surface area contributed by atoms with Crippen LogP contribution in [0.2, 0.25) is 0 Å². The van der Waals surface area contributed by atoms with Crippen LogP contribution < -0.4 is 0 Å². The molecule has 18 heavy (non-hydrogen) atoms.